The van der Waals surface area contributed by atoms with Crippen LogP contribution in [-0.2, 0) is 32.0 Å². The topological polar surface area (TPSA) is 201 Å². The van der Waals surface area contributed by atoms with Crippen LogP contribution in [0, 0.1) is 0 Å². The third kappa shape index (κ3) is 36.9. The molecule has 2 unspecified atom stereocenters. The Morgan fingerprint density at radius 2 is 0.731 bits per heavy atom. The first kappa shape index (κ1) is 72.7. The Hall–Kier alpha value is -3.29. The van der Waals surface area contributed by atoms with Crippen molar-refractivity contribution in [2.45, 2.75) is 249 Å². The van der Waals surface area contributed by atoms with E-state index < -0.39 is 65.4 Å². The summed E-state index contributed by atoms with van der Waals surface area (Å²) in [6.45, 7) is 26.2. The molecule has 78 heavy (non-hydrogen) atoms. The summed E-state index contributed by atoms with van der Waals surface area (Å²) >= 11 is 0. The number of carbonyl (C=O) groups excluding carboxylic acids is 1. The lowest BCUT2D eigenvalue weighted by molar-refractivity contribution is -0.247. The molecule has 0 aromatic carbocycles. The van der Waals surface area contributed by atoms with Crippen molar-refractivity contribution >= 4 is 21.6 Å². The molecule has 1 fully saturated rings. The van der Waals surface area contributed by atoms with Gasteiger partial charge in [0.2, 0.25) is 5.91 Å². The number of nitrogens with one attached hydrogen (secondary N) is 1. The van der Waals surface area contributed by atoms with Crippen LogP contribution in [0.2, 0.25) is 0 Å². The number of phosphoric ester groups is 2. The van der Waals surface area contributed by atoms with Gasteiger partial charge in [0.15, 0.2) is 6.29 Å². The minimum Gasteiger partial charge on any atom is -0.394 e. The zero-order valence-electron chi connectivity index (χ0n) is 50.3. The molecule has 1 heterocycles. The third-order valence-corrected chi connectivity index (χ3v) is 16.3. The standard InChI is InChI=1S/C63H105NO12P2/c1-47(2)24-14-25-48(3)26-15-27-49(4)28-16-29-50(5)30-17-31-51(6)32-18-33-52(7)34-19-35-53(8)36-20-37-54(9)38-21-39-55(10)40-22-41-56(11)42-23-43-57(12)44-45-73-77(69,70)76-78(71,72)75-63-60(64-58(13)66)62(68)61(67)59(46-65)74-63/h24,26,28,30,32,34,36,38,40,42,44,59-63,65,67-68H,14-23,25,27,29,31,33,35,37,39,41,43,45-46H2,1-13H3,(H,64,66)(H,69,70)(H,71,72)/b48-26+,49-28+,50-30+,51-32-,52-34-,53-36-,54-38-,55-40-,56-42-,57-44-/t59-,60-,61+,62-,63-/m1/s1. The number of allylic oxidation sites excluding steroid dienone is 21. The van der Waals surface area contributed by atoms with Crippen LogP contribution in [0.25, 0.3) is 0 Å². The van der Waals surface area contributed by atoms with E-state index in [9.17, 15) is 39.0 Å². The van der Waals surface area contributed by atoms with E-state index in [1.807, 2.05) is 6.92 Å². The minimum absolute atomic E-state index is 0.407. The van der Waals surface area contributed by atoms with E-state index in [0.29, 0.717) is 6.42 Å². The Morgan fingerprint density at radius 1 is 0.449 bits per heavy atom. The first-order valence-corrected chi connectivity index (χ1v) is 31.5. The summed E-state index contributed by atoms with van der Waals surface area (Å²) in [5, 5.41) is 32.1. The van der Waals surface area contributed by atoms with Crippen molar-refractivity contribution in [1.29, 1.82) is 0 Å². The van der Waals surface area contributed by atoms with Crippen LogP contribution in [0.1, 0.15) is 218 Å². The van der Waals surface area contributed by atoms with Crippen molar-refractivity contribution in [3.8, 4) is 0 Å². The lowest BCUT2D eigenvalue weighted by Crippen LogP contribution is -2.64. The maximum atomic E-state index is 12.6. The van der Waals surface area contributed by atoms with Crippen LogP contribution >= 0.6 is 15.6 Å². The summed E-state index contributed by atoms with van der Waals surface area (Å²) in [4.78, 5) is 31.9. The van der Waals surface area contributed by atoms with Crippen LogP contribution in [0.4, 0.5) is 0 Å². The molecular formula is C63H105NO12P2. The van der Waals surface area contributed by atoms with Gasteiger partial charge in [0.05, 0.1) is 13.2 Å². The number of ether oxygens (including phenoxy) is 1. The van der Waals surface area contributed by atoms with Gasteiger partial charge in [-0.05, 0) is 212 Å². The molecule has 0 saturated carbocycles. The molecule has 1 aliphatic rings. The Balaban J connectivity index is 2.33. The normalized spacial score (nSPS) is 21.6. The molecule has 13 nitrogen and oxygen atoms in total. The number of hydrogen-bond acceptors (Lipinski definition) is 10. The molecule has 7 atom stereocenters. The Morgan fingerprint density at radius 3 is 1.00 bits per heavy atom. The second-order valence-corrected chi connectivity index (χ2v) is 25.0. The Labute approximate surface area is 472 Å². The molecule has 0 aliphatic carbocycles. The van der Waals surface area contributed by atoms with Crippen molar-refractivity contribution in [3.05, 3.63) is 128 Å². The molecule has 1 rings (SSSR count). The summed E-state index contributed by atoms with van der Waals surface area (Å²) in [7, 11) is -10.6. The van der Waals surface area contributed by atoms with Gasteiger partial charge in [-0.1, -0.05) is 128 Å². The van der Waals surface area contributed by atoms with Crippen LogP contribution < -0.4 is 5.32 Å². The van der Waals surface area contributed by atoms with Gasteiger partial charge < -0.3 is 35.2 Å². The van der Waals surface area contributed by atoms with E-state index in [4.69, 9.17) is 13.8 Å². The highest BCUT2D eigenvalue weighted by Gasteiger charge is 2.49. The molecule has 444 valence electrons. The maximum Gasteiger partial charge on any atom is 0.483 e. The number of phosphoric acid groups is 2. The van der Waals surface area contributed by atoms with E-state index in [1.165, 1.54) is 62.2 Å². The number of amides is 1. The van der Waals surface area contributed by atoms with E-state index in [1.54, 1.807) is 6.08 Å². The first-order valence-electron chi connectivity index (χ1n) is 28.5. The summed E-state index contributed by atoms with van der Waals surface area (Å²) in [6.07, 6.45) is 39.6. The van der Waals surface area contributed by atoms with Gasteiger partial charge in [-0.3, -0.25) is 13.8 Å². The molecule has 6 N–H and O–H groups in total. The van der Waals surface area contributed by atoms with E-state index in [2.05, 4.69) is 147 Å². The number of carbonyl (C=O) groups is 1. The second kappa shape index (κ2) is 40.8. The van der Waals surface area contributed by atoms with Crippen LogP contribution in [0.5, 0.6) is 0 Å². The van der Waals surface area contributed by atoms with E-state index in [0.717, 1.165) is 128 Å². The highest BCUT2D eigenvalue weighted by molar-refractivity contribution is 7.61. The zero-order valence-corrected chi connectivity index (χ0v) is 52.1. The quantitative estimate of drug-likeness (QED) is 0.0252. The lowest BCUT2D eigenvalue weighted by Gasteiger charge is -2.42. The Bertz CT molecular complexity index is 2260. The van der Waals surface area contributed by atoms with Crippen LogP contribution in [0.15, 0.2) is 128 Å². The SMILES string of the molecule is CC(=O)N[C@H]1[C@@H](OP(=O)(O)OP(=O)(O)OC/C=C(/C)CC/C=C(/C)CC/C=C(/C)CC/C=C(/C)CC/C=C(/C)CC/C=C(/C)CC/C=C(/C)CC/C=C(\C)CC/C=C(\C)CC/C=C(\C)CCC=C(C)C)O[C@H](CO)[C@H](O)[C@@H]1O. The van der Waals surface area contributed by atoms with Gasteiger partial charge in [-0.25, -0.2) is 9.13 Å². The molecule has 0 radical (unpaired) electrons. The highest BCUT2D eigenvalue weighted by Crippen LogP contribution is 2.61. The summed E-state index contributed by atoms with van der Waals surface area (Å²) in [5.41, 5.74) is 15.3. The van der Waals surface area contributed by atoms with Gasteiger partial charge in [0, 0.05) is 6.92 Å². The van der Waals surface area contributed by atoms with E-state index >= 15 is 0 Å². The van der Waals surface area contributed by atoms with Gasteiger partial charge in [-0.2, -0.15) is 4.31 Å². The molecular weight excluding hydrogens is 1020 g/mol. The molecule has 0 bridgehead atoms. The van der Waals surface area contributed by atoms with Crippen molar-refractivity contribution < 1.29 is 57.1 Å². The predicted molar refractivity (Wildman–Crippen MR) is 322 cm³/mol. The average Bonchev–Trinajstić information content (AvgIpc) is 3.33. The van der Waals surface area contributed by atoms with Crippen molar-refractivity contribution in [2.75, 3.05) is 13.2 Å². The molecule has 0 spiro atoms. The fraction of sp³-hybridized carbons (Fsp3) is 0.635. The molecule has 15 heteroatoms. The highest BCUT2D eigenvalue weighted by atomic mass is 31.3. The minimum atomic E-state index is -5.42. The van der Waals surface area contributed by atoms with Crippen LogP contribution in [-0.4, -0.2) is 74.9 Å². The summed E-state index contributed by atoms with van der Waals surface area (Å²) < 4.78 is 44.4. The first-order chi connectivity index (χ1) is 36.7. The van der Waals surface area contributed by atoms with Gasteiger partial charge >= 0.3 is 15.6 Å². The summed E-state index contributed by atoms with van der Waals surface area (Å²) in [5.74, 6) is -0.707. The summed E-state index contributed by atoms with van der Waals surface area (Å²) in [6, 6.07) is -1.58. The van der Waals surface area contributed by atoms with E-state index in [-0.39, 0.29) is 0 Å². The predicted octanol–water partition coefficient (Wildman–Crippen LogP) is 16.4. The number of hydrogen-bond donors (Lipinski definition) is 6. The average molecular weight is 1130 g/mol. The fourth-order valence-electron chi connectivity index (χ4n) is 8.66. The smallest absolute Gasteiger partial charge is 0.394 e. The van der Waals surface area contributed by atoms with Crippen LogP contribution in [0.3, 0.4) is 0 Å². The molecule has 1 amide bonds. The van der Waals surface area contributed by atoms with Gasteiger partial charge in [0.25, 0.3) is 0 Å². The maximum absolute atomic E-state index is 12.6. The molecule has 0 aromatic heterocycles. The molecule has 1 aliphatic heterocycles. The van der Waals surface area contributed by atoms with Crippen molar-refractivity contribution in [1.82, 2.24) is 5.32 Å². The van der Waals surface area contributed by atoms with Crippen molar-refractivity contribution in [2.24, 2.45) is 0 Å². The molecule has 1 saturated heterocycles. The fourth-order valence-corrected chi connectivity index (χ4v) is 10.8. The number of rotatable bonds is 39. The van der Waals surface area contributed by atoms with Gasteiger partial charge in [0.1, 0.15) is 24.4 Å². The van der Waals surface area contributed by atoms with Crippen molar-refractivity contribution in [3.63, 3.8) is 0 Å². The largest absolute Gasteiger partial charge is 0.483 e. The number of aliphatic hydroxyl groups excluding tert-OH is 3. The third-order valence-electron chi connectivity index (χ3n) is 13.7. The lowest BCUT2D eigenvalue weighted by atomic mass is 9.97. The second-order valence-electron chi connectivity index (χ2n) is 22.0. The number of aliphatic hydroxyl groups is 3. The van der Waals surface area contributed by atoms with Gasteiger partial charge in [-0.15, -0.1) is 0 Å². The monoisotopic (exact) mass is 1130 g/mol. The molecule has 0 aromatic rings. The zero-order chi connectivity index (χ0) is 58.7. The Kier molecular flexibility index (Phi) is 38.1.